The van der Waals surface area contributed by atoms with Crippen LogP contribution < -0.4 is 4.90 Å². The van der Waals surface area contributed by atoms with Crippen LogP contribution in [-0.4, -0.2) is 43.3 Å². The number of aliphatic hydroxyl groups is 1. The minimum absolute atomic E-state index is 0. The summed E-state index contributed by atoms with van der Waals surface area (Å²) in [5, 5.41) is 11.7. The number of ether oxygens (including phenoxy) is 1. The molecule has 0 spiro atoms. The SMILES string of the molecule is CC#C[C@]1(O)CC[C@H]2[C@@H]3OCC4=CC(=O)CCC4=C3[C@@H](c3ccc(N(C)C)cc3)C[C@@]21C.S.S.S. The van der Waals surface area contributed by atoms with Crippen LogP contribution in [0.5, 0.6) is 0 Å². The quantitative estimate of drug-likeness (QED) is 0.559. The molecule has 0 bridgehead atoms. The fraction of sp³-hybridized carbons (Fsp3) is 0.536. The van der Waals surface area contributed by atoms with E-state index in [0.717, 1.165) is 24.8 Å². The highest BCUT2D eigenvalue weighted by atomic mass is 32.1. The van der Waals surface area contributed by atoms with Crippen LogP contribution in [0.1, 0.15) is 57.4 Å². The molecule has 3 aliphatic carbocycles. The maximum absolute atomic E-state index is 12.1. The predicted molar refractivity (Wildman–Crippen MR) is 158 cm³/mol. The van der Waals surface area contributed by atoms with Gasteiger partial charge in [0.2, 0.25) is 0 Å². The number of carbonyl (C=O) groups is 1. The van der Waals surface area contributed by atoms with E-state index in [4.69, 9.17) is 4.74 Å². The Labute approximate surface area is 230 Å². The molecule has 5 atom stereocenters. The van der Waals surface area contributed by atoms with Gasteiger partial charge in [-0.05, 0) is 79.0 Å². The van der Waals surface area contributed by atoms with Crippen LogP contribution in [0.3, 0.4) is 0 Å². The van der Waals surface area contributed by atoms with E-state index >= 15 is 0 Å². The molecule has 1 heterocycles. The molecule has 0 amide bonds. The lowest BCUT2D eigenvalue weighted by Gasteiger charge is -2.53. The van der Waals surface area contributed by atoms with E-state index in [1.165, 1.54) is 22.4 Å². The molecule has 1 aromatic carbocycles. The van der Waals surface area contributed by atoms with E-state index in [2.05, 4.69) is 62.0 Å². The number of rotatable bonds is 2. The minimum Gasteiger partial charge on any atom is -0.378 e. The molecular weight excluding hydrogens is 495 g/mol. The van der Waals surface area contributed by atoms with Crippen molar-refractivity contribution in [3.8, 4) is 11.8 Å². The van der Waals surface area contributed by atoms with Crippen LogP contribution in [0, 0.1) is 23.2 Å². The molecule has 0 radical (unpaired) electrons. The summed E-state index contributed by atoms with van der Waals surface area (Å²) in [4.78, 5) is 14.2. The lowest BCUT2D eigenvalue weighted by atomic mass is 9.55. The van der Waals surface area contributed by atoms with Crippen molar-refractivity contribution < 1.29 is 14.6 Å². The van der Waals surface area contributed by atoms with Crippen molar-refractivity contribution in [2.24, 2.45) is 11.3 Å². The third-order valence-corrected chi connectivity index (χ3v) is 8.51. The van der Waals surface area contributed by atoms with Gasteiger partial charge in [-0.1, -0.05) is 25.0 Å². The number of allylic oxidation sites excluding steroid dienone is 1. The van der Waals surface area contributed by atoms with Crippen LogP contribution >= 0.6 is 40.5 Å². The lowest BCUT2D eigenvalue weighted by molar-refractivity contribution is -0.115. The molecule has 5 rings (SSSR count). The first-order valence-corrected chi connectivity index (χ1v) is 11.8. The van der Waals surface area contributed by atoms with E-state index in [-0.39, 0.29) is 69.6 Å². The third kappa shape index (κ3) is 4.73. The summed E-state index contributed by atoms with van der Waals surface area (Å²) in [6.45, 7) is 4.53. The Morgan fingerprint density at radius 1 is 1.11 bits per heavy atom. The molecule has 2 saturated carbocycles. The fourth-order valence-corrected chi connectivity index (χ4v) is 6.73. The van der Waals surface area contributed by atoms with Crippen molar-refractivity contribution in [3.63, 3.8) is 0 Å². The maximum atomic E-state index is 12.1. The summed E-state index contributed by atoms with van der Waals surface area (Å²) < 4.78 is 6.52. The average Bonchev–Trinajstić information content (AvgIpc) is 3.03. The summed E-state index contributed by atoms with van der Waals surface area (Å²) >= 11 is 0. The van der Waals surface area contributed by atoms with Crippen molar-refractivity contribution >= 4 is 52.0 Å². The standard InChI is InChI=1S/C28H33NO3.3H2S/c1-5-13-28(31)14-12-24-26-25(22-11-10-21(30)15-19(22)17-32-26)23(16-27(24,28)2)18-6-8-20(9-7-18)29(3)4;;;/h6-9,15,23-24,26,31H,10-12,14,16-17H2,1-4H3;3*1H2/t23-,24+,26+,27+,28+;;;/m1.../s1. The molecule has 35 heavy (non-hydrogen) atoms. The van der Waals surface area contributed by atoms with E-state index in [9.17, 15) is 9.90 Å². The molecule has 0 saturated heterocycles. The summed E-state index contributed by atoms with van der Waals surface area (Å²) in [6, 6.07) is 8.78. The van der Waals surface area contributed by atoms with Gasteiger partial charge in [0.15, 0.2) is 5.78 Å². The Kier molecular flexibility index (Phi) is 9.39. The number of carbonyl (C=O) groups excluding carboxylic acids is 1. The number of hydrogen-bond donors (Lipinski definition) is 1. The highest BCUT2D eigenvalue weighted by molar-refractivity contribution is 7.59. The molecule has 4 nitrogen and oxygen atoms in total. The van der Waals surface area contributed by atoms with Gasteiger partial charge in [-0.15, -0.1) is 5.92 Å². The summed E-state index contributed by atoms with van der Waals surface area (Å²) in [6.07, 6.45) is 5.58. The van der Waals surface area contributed by atoms with Gasteiger partial charge in [0.25, 0.3) is 0 Å². The van der Waals surface area contributed by atoms with Crippen LogP contribution in [-0.2, 0) is 9.53 Å². The Balaban J connectivity index is 0.00000144. The van der Waals surface area contributed by atoms with Crippen molar-refractivity contribution in [2.75, 3.05) is 25.6 Å². The topological polar surface area (TPSA) is 49.8 Å². The largest absolute Gasteiger partial charge is 0.378 e. The summed E-state index contributed by atoms with van der Waals surface area (Å²) in [5.74, 6) is 6.76. The predicted octanol–water partition coefficient (Wildman–Crippen LogP) is 4.73. The molecule has 1 N–H and O–H groups in total. The molecule has 4 aliphatic rings. The number of benzene rings is 1. The van der Waals surface area contributed by atoms with Gasteiger partial charge < -0.3 is 14.7 Å². The molecule has 2 fully saturated rings. The molecule has 1 aromatic rings. The van der Waals surface area contributed by atoms with Gasteiger partial charge in [-0.3, -0.25) is 4.79 Å². The average molecular weight is 534 g/mol. The zero-order chi connectivity index (χ0) is 22.7. The Bertz CT molecular complexity index is 1080. The Morgan fingerprint density at radius 3 is 2.43 bits per heavy atom. The zero-order valence-electron chi connectivity index (χ0n) is 21.1. The van der Waals surface area contributed by atoms with Gasteiger partial charge in [0, 0.05) is 37.5 Å². The number of nitrogens with zero attached hydrogens (tertiary/aromatic N) is 1. The highest BCUT2D eigenvalue weighted by Gasteiger charge is 2.63. The van der Waals surface area contributed by atoms with Crippen molar-refractivity contribution in [1.29, 1.82) is 0 Å². The number of fused-ring (bicyclic) bond motifs is 4. The first-order chi connectivity index (χ1) is 15.3. The molecule has 7 heteroatoms. The summed E-state index contributed by atoms with van der Waals surface area (Å²) in [5.41, 5.74) is 4.83. The molecule has 1 aliphatic heterocycles. The maximum Gasteiger partial charge on any atom is 0.156 e. The van der Waals surface area contributed by atoms with Crippen LogP contribution in [0.25, 0.3) is 0 Å². The van der Waals surface area contributed by atoms with Gasteiger partial charge in [0.05, 0.1) is 12.7 Å². The first-order valence-electron chi connectivity index (χ1n) is 11.8. The molecular formula is C28H39NO3S3. The van der Waals surface area contributed by atoms with Gasteiger partial charge in [0.1, 0.15) is 5.60 Å². The normalized spacial score (nSPS) is 32.8. The van der Waals surface area contributed by atoms with Crippen LogP contribution in [0.2, 0.25) is 0 Å². The van der Waals surface area contributed by atoms with Crippen LogP contribution in [0.15, 0.2) is 47.1 Å². The zero-order valence-corrected chi connectivity index (χ0v) is 24.1. The molecule has 0 aromatic heterocycles. The van der Waals surface area contributed by atoms with Gasteiger partial charge in [-0.25, -0.2) is 0 Å². The lowest BCUT2D eigenvalue weighted by Crippen LogP contribution is -2.53. The monoisotopic (exact) mass is 533 g/mol. The number of anilines is 1. The molecule has 192 valence electrons. The minimum atomic E-state index is -0.994. The van der Waals surface area contributed by atoms with E-state index in [1.807, 2.05) is 6.92 Å². The van der Waals surface area contributed by atoms with Crippen LogP contribution in [0.4, 0.5) is 5.69 Å². The fourth-order valence-electron chi connectivity index (χ4n) is 6.73. The smallest absolute Gasteiger partial charge is 0.156 e. The highest BCUT2D eigenvalue weighted by Crippen LogP contribution is 2.64. The molecule has 0 unspecified atom stereocenters. The van der Waals surface area contributed by atoms with Gasteiger partial charge in [-0.2, -0.15) is 40.5 Å². The van der Waals surface area contributed by atoms with E-state index in [1.54, 1.807) is 6.08 Å². The van der Waals surface area contributed by atoms with Crippen molar-refractivity contribution in [2.45, 2.75) is 63.6 Å². The summed E-state index contributed by atoms with van der Waals surface area (Å²) in [7, 11) is 4.10. The Morgan fingerprint density at radius 2 is 1.80 bits per heavy atom. The number of ketones is 1. The second-order valence-electron chi connectivity index (χ2n) is 10.3. The van der Waals surface area contributed by atoms with Crippen molar-refractivity contribution in [3.05, 3.63) is 52.6 Å². The first kappa shape index (κ1) is 29.9. The second kappa shape index (κ2) is 11.0. The second-order valence-corrected chi connectivity index (χ2v) is 10.3. The number of hydrogen-bond acceptors (Lipinski definition) is 4. The third-order valence-electron chi connectivity index (χ3n) is 8.51. The van der Waals surface area contributed by atoms with E-state index < -0.39 is 5.60 Å². The van der Waals surface area contributed by atoms with Gasteiger partial charge >= 0.3 is 0 Å². The van der Waals surface area contributed by atoms with Crippen molar-refractivity contribution in [1.82, 2.24) is 0 Å². The Hall–Kier alpha value is -1.30. The van der Waals surface area contributed by atoms with E-state index in [0.29, 0.717) is 19.4 Å².